The van der Waals surface area contributed by atoms with E-state index in [1.54, 1.807) is 25.1 Å². The molecule has 0 atom stereocenters. The summed E-state index contributed by atoms with van der Waals surface area (Å²) in [5.41, 5.74) is 1.02. The molecule has 0 aromatic heterocycles. The van der Waals surface area contributed by atoms with Gasteiger partial charge in [-0.25, -0.2) is 0 Å². The third-order valence-electron chi connectivity index (χ3n) is 3.70. The SMILES string of the molecule is Cc1cccc(C(=O)NC2CCN(CC#N)CC2)c1O. The maximum Gasteiger partial charge on any atom is 0.255 e. The lowest BCUT2D eigenvalue weighted by Crippen LogP contribution is -2.44. The topological polar surface area (TPSA) is 76.4 Å². The van der Waals surface area contributed by atoms with E-state index < -0.39 is 0 Å². The van der Waals surface area contributed by atoms with E-state index in [4.69, 9.17) is 5.26 Å². The van der Waals surface area contributed by atoms with Crippen molar-refractivity contribution < 1.29 is 9.90 Å². The Hall–Kier alpha value is -2.06. The van der Waals surface area contributed by atoms with Crippen molar-refractivity contribution in [2.45, 2.75) is 25.8 Å². The Balaban J connectivity index is 1.93. The molecule has 106 valence electrons. The molecule has 0 spiro atoms. The van der Waals surface area contributed by atoms with Crippen LogP contribution in [0.3, 0.4) is 0 Å². The molecule has 1 fully saturated rings. The fourth-order valence-corrected chi connectivity index (χ4v) is 2.44. The van der Waals surface area contributed by atoms with Crippen LogP contribution in [0.15, 0.2) is 18.2 Å². The number of rotatable bonds is 3. The van der Waals surface area contributed by atoms with Crippen molar-refractivity contribution in [2.24, 2.45) is 0 Å². The Morgan fingerprint density at radius 3 is 2.85 bits per heavy atom. The highest BCUT2D eigenvalue weighted by molar-refractivity contribution is 5.97. The van der Waals surface area contributed by atoms with E-state index >= 15 is 0 Å². The Kier molecular flexibility index (Phi) is 4.59. The molecule has 2 N–H and O–H groups in total. The number of piperidine rings is 1. The van der Waals surface area contributed by atoms with Gasteiger partial charge in [0.25, 0.3) is 5.91 Å². The van der Waals surface area contributed by atoms with E-state index in [0.717, 1.165) is 25.9 Å². The molecule has 0 aliphatic carbocycles. The number of phenols is 1. The Labute approximate surface area is 118 Å². The third kappa shape index (κ3) is 3.28. The monoisotopic (exact) mass is 273 g/mol. The second-order valence-electron chi connectivity index (χ2n) is 5.15. The van der Waals surface area contributed by atoms with Crippen molar-refractivity contribution in [3.8, 4) is 11.8 Å². The van der Waals surface area contributed by atoms with Gasteiger partial charge in [-0.15, -0.1) is 0 Å². The Bertz CT molecular complexity index is 528. The fraction of sp³-hybridized carbons (Fsp3) is 0.467. The summed E-state index contributed by atoms with van der Waals surface area (Å²) in [6.45, 7) is 3.85. The summed E-state index contributed by atoms with van der Waals surface area (Å²) in [6, 6.07) is 7.41. The van der Waals surface area contributed by atoms with Gasteiger partial charge >= 0.3 is 0 Å². The van der Waals surface area contributed by atoms with E-state index in [-0.39, 0.29) is 17.7 Å². The average Bonchev–Trinajstić information content (AvgIpc) is 2.44. The molecule has 5 heteroatoms. The number of nitrogens with one attached hydrogen (secondary N) is 1. The molecule has 0 bridgehead atoms. The van der Waals surface area contributed by atoms with Gasteiger partial charge in [0.2, 0.25) is 0 Å². The summed E-state index contributed by atoms with van der Waals surface area (Å²) in [5.74, 6) is -0.183. The first-order chi connectivity index (χ1) is 9.61. The predicted molar refractivity (Wildman–Crippen MR) is 75.4 cm³/mol. The van der Waals surface area contributed by atoms with Gasteiger partial charge < -0.3 is 10.4 Å². The maximum atomic E-state index is 12.2. The lowest BCUT2D eigenvalue weighted by molar-refractivity contribution is 0.0911. The summed E-state index contributed by atoms with van der Waals surface area (Å²) < 4.78 is 0. The van der Waals surface area contributed by atoms with E-state index in [0.29, 0.717) is 17.7 Å². The molecule has 0 unspecified atom stereocenters. The van der Waals surface area contributed by atoms with Crippen molar-refractivity contribution in [1.82, 2.24) is 10.2 Å². The number of aryl methyl sites for hydroxylation is 1. The minimum absolute atomic E-state index is 0.0481. The van der Waals surface area contributed by atoms with Crippen molar-refractivity contribution in [2.75, 3.05) is 19.6 Å². The third-order valence-corrected chi connectivity index (χ3v) is 3.70. The highest BCUT2D eigenvalue weighted by Gasteiger charge is 2.22. The standard InChI is InChI=1S/C15H19N3O2/c1-11-3-2-4-13(14(11)19)15(20)17-12-5-8-18(9-6-12)10-7-16/h2-4,12,19H,5-6,8-10H2,1H3,(H,17,20). The van der Waals surface area contributed by atoms with Gasteiger partial charge in [0.1, 0.15) is 5.75 Å². The number of phenolic OH excluding ortho intramolecular Hbond substituents is 1. The fourth-order valence-electron chi connectivity index (χ4n) is 2.44. The quantitative estimate of drug-likeness (QED) is 0.817. The minimum Gasteiger partial charge on any atom is -0.507 e. The van der Waals surface area contributed by atoms with E-state index in [9.17, 15) is 9.90 Å². The normalized spacial score (nSPS) is 16.6. The number of aromatic hydroxyl groups is 1. The second-order valence-corrected chi connectivity index (χ2v) is 5.15. The predicted octanol–water partition coefficient (Wildman–Crippen LogP) is 1.42. The van der Waals surface area contributed by atoms with Crippen molar-refractivity contribution in [3.63, 3.8) is 0 Å². The van der Waals surface area contributed by atoms with Crippen LogP contribution < -0.4 is 5.32 Å². The van der Waals surface area contributed by atoms with Crippen molar-refractivity contribution in [3.05, 3.63) is 29.3 Å². The molecule has 1 aromatic rings. The summed E-state index contributed by atoms with van der Waals surface area (Å²) in [5, 5.41) is 21.5. The first-order valence-electron chi connectivity index (χ1n) is 6.80. The number of hydrogen-bond donors (Lipinski definition) is 2. The summed E-state index contributed by atoms with van der Waals surface area (Å²) in [4.78, 5) is 14.2. The molecule has 5 nitrogen and oxygen atoms in total. The van der Waals surface area contributed by atoms with E-state index in [1.165, 1.54) is 0 Å². The largest absolute Gasteiger partial charge is 0.507 e. The Morgan fingerprint density at radius 1 is 1.50 bits per heavy atom. The lowest BCUT2D eigenvalue weighted by Gasteiger charge is -2.30. The van der Waals surface area contributed by atoms with Crippen LogP contribution in [0.25, 0.3) is 0 Å². The highest BCUT2D eigenvalue weighted by atomic mass is 16.3. The number of nitrogens with zero attached hydrogens (tertiary/aromatic N) is 2. The average molecular weight is 273 g/mol. The molecule has 0 saturated carbocycles. The van der Waals surface area contributed by atoms with E-state index in [2.05, 4.69) is 16.3 Å². The van der Waals surface area contributed by atoms with Crippen molar-refractivity contribution >= 4 is 5.91 Å². The van der Waals surface area contributed by atoms with Gasteiger partial charge in [0.15, 0.2) is 0 Å². The number of benzene rings is 1. The number of nitriles is 1. The zero-order valence-electron chi connectivity index (χ0n) is 11.6. The van der Waals surface area contributed by atoms with Crippen LogP contribution >= 0.6 is 0 Å². The summed E-state index contributed by atoms with van der Waals surface area (Å²) in [7, 11) is 0. The molecule has 0 radical (unpaired) electrons. The highest BCUT2D eigenvalue weighted by Crippen LogP contribution is 2.21. The minimum atomic E-state index is -0.232. The van der Waals surface area contributed by atoms with Gasteiger partial charge in [0.05, 0.1) is 18.2 Å². The van der Waals surface area contributed by atoms with Crippen LogP contribution in [-0.4, -0.2) is 41.6 Å². The van der Waals surface area contributed by atoms with Crippen molar-refractivity contribution in [1.29, 1.82) is 5.26 Å². The molecule has 2 rings (SSSR count). The number of carbonyl (C=O) groups is 1. The molecular weight excluding hydrogens is 254 g/mol. The molecule has 1 saturated heterocycles. The first-order valence-corrected chi connectivity index (χ1v) is 6.80. The van der Waals surface area contributed by atoms with Gasteiger partial charge in [0, 0.05) is 19.1 Å². The smallest absolute Gasteiger partial charge is 0.255 e. The van der Waals surface area contributed by atoms with Crippen LogP contribution in [0, 0.1) is 18.3 Å². The van der Waals surface area contributed by atoms with E-state index in [1.807, 2.05) is 0 Å². The second kappa shape index (κ2) is 6.40. The molecule has 1 aliphatic heterocycles. The molecular formula is C15H19N3O2. The van der Waals surface area contributed by atoms with Crippen LogP contribution in [-0.2, 0) is 0 Å². The molecule has 1 heterocycles. The number of amides is 1. The lowest BCUT2D eigenvalue weighted by atomic mass is 10.0. The van der Waals surface area contributed by atoms with Crippen LogP contribution in [0.5, 0.6) is 5.75 Å². The zero-order chi connectivity index (χ0) is 14.5. The van der Waals surface area contributed by atoms with Gasteiger partial charge in [-0.1, -0.05) is 12.1 Å². The van der Waals surface area contributed by atoms with Gasteiger partial charge in [-0.05, 0) is 31.4 Å². The molecule has 1 aliphatic rings. The number of hydrogen-bond acceptors (Lipinski definition) is 4. The first kappa shape index (κ1) is 14.4. The zero-order valence-corrected chi connectivity index (χ0v) is 11.6. The van der Waals surface area contributed by atoms with Crippen LogP contribution in [0.1, 0.15) is 28.8 Å². The molecule has 1 amide bonds. The maximum absolute atomic E-state index is 12.2. The van der Waals surface area contributed by atoms with Crippen LogP contribution in [0.4, 0.5) is 0 Å². The van der Waals surface area contributed by atoms with Gasteiger partial charge in [-0.3, -0.25) is 9.69 Å². The number of para-hydroxylation sites is 1. The summed E-state index contributed by atoms with van der Waals surface area (Å²) >= 11 is 0. The molecule has 20 heavy (non-hydrogen) atoms. The van der Waals surface area contributed by atoms with Crippen LogP contribution in [0.2, 0.25) is 0 Å². The molecule has 1 aromatic carbocycles. The number of likely N-dealkylation sites (tertiary alicyclic amines) is 1. The number of carbonyl (C=O) groups excluding carboxylic acids is 1. The summed E-state index contributed by atoms with van der Waals surface area (Å²) in [6.07, 6.45) is 1.67. The Morgan fingerprint density at radius 2 is 2.20 bits per heavy atom. The van der Waals surface area contributed by atoms with Gasteiger partial charge in [-0.2, -0.15) is 5.26 Å².